The molecule has 0 aliphatic carbocycles. The number of ether oxygens (including phenoxy) is 1. The molecule has 0 aromatic heterocycles. The second-order valence-corrected chi connectivity index (χ2v) is 5.70. The second kappa shape index (κ2) is 6.02. The molecular formula is C16H19NOS. The van der Waals surface area contributed by atoms with Crippen LogP contribution in [0.4, 0.5) is 5.69 Å². The van der Waals surface area contributed by atoms with Crippen LogP contribution in [-0.2, 0) is 5.75 Å². The van der Waals surface area contributed by atoms with Gasteiger partial charge in [-0.05, 0) is 54.8 Å². The van der Waals surface area contributed by atoms with E-state index in [4.69, 9.17) is 10.5 Å². The first-order valence-electron chi connectivity index (χ1n) is 6.22. The highest BCUT2D eigenvalue weighted by Crippen LogP contribution is 2.27. The van der Waals surface area contributed by atoms with Crippen molar-refractivity contribution in [2.45, 2.75) is 24.5 Å². The topological polar surface area (TPSA) is 35.2 Å². The predicted octanol–water partition coefficient (Wildman–Crippen LogP) is 4.19. The van der Waals surface area contributed by atoms with Crippen molar-refractivity contribution in [3.05, 3.63) is 53.1 Å². The van der Waals surface area contributed by atoms with Gasteiger partial charge in [0.1, 0.15) is 5.75 Å². The maximum Gasteiger partial charge on any atom is 0.121 e. The highest BCUT2D eigenvalue weighted by atomic mass is 32.2. The van der Waals surface area contributed by atoms with Crippen LogP contribution in [0.1, 0.15) is 16.7 Å². The maximum atomic E-state index is 5.86. The molecule has 0 saturated carbocycles. The van der Waals surface area contributed by atoms with E-state index in [1.54, 1.807) is 7.11 Å². The first-order valence-corrected chi connectivity index (χ1v) is 7.20. The minimum atomic E-state index is 0.745. The van der Waals surface area contributed by atoms with E-state index in [0.717, 1.165) is 17.2 Å². The third-order valence-electron chi connectivity index (χ3n) is 3.11. The summed E-state index contributed by atoms with van der Waals surface area (Å²) in [6.45, 7) is 4.27. The fourth-order valence-electron chi connectivity index (χ4n) is 1.86. The average Bonchev–Trinajstić information content (AvgIpc) is 2.39. The van der Waals surface area contributed by atoms with E-state index >= 15 is 0 Å². The number of aryl methyl sites for hydroxylation is 2. The Bertz CT molecular complexity index is 581. The molecule has 0 bridgehead atoms. The van der Waals surface area contributed by atoms with Gasteiger partial charge in [0.05, 0.1) is 7.11 Å². The number of thioether (sulfide) groups is 1. The van der Waals surface area contributed by atoms with Crippen LogP contribution in [0, 0.1) is 13.8 Å². The minimum Gasteiger partial charge on any atom is -0.497 e. The van der Waals surface area contributed by atoms with Crippen LogP contribution in [0.2, 0.25) is 0 Å². The van der Waals surface area contributed by atoms with Gasteiger partial charge >= 0.3 is 0 Å². The molecule has 0 spiro atoms. The Kier molecular flexibility index (Phi) is 4.38. The number of rotatable bonds is 4. The van der Waals surface area contributed by atoms with E-state index in [9.17, 15) is 0 Å². The minimum absolute atomic E-state index is 0.745. The van der Waals surface area contributed by atoms with E-state index in [0.29, 0.717) is 0 Å². The molecule has 0 atom stereocenters. The van der Waals surface area contributed by atoms with E-state index in [1.165, 1.54) is 21.6 Å². The summed E-state index contributed by atoms with van der Waals surface area (Å²) in [4.78, 5) is 1.28. The fourth-order valence-corrected chi connectivity index (χ4v) is 2.78. The highest BCUT2D eigenvalue weighted by molar-refractivity contribution is 7.98. The van der Waals surface area contributed by atoms with Crippen molar-refractivity contribution in [1.82, 2.24) is 0 Å². The molecule has 100 valence electrons. The van der Waals surface area contributed by atoms with Crippen molar-refractivity contribution in [3.8, 4) is 5.75 Å². The van der Waals surface area contributed by atoms with Crippen molar-refractivity contribution >= 4 is 17.4 Å². The molecule has 2 N–H and O–H groups in total. The van der Waals surface area contributed by atoms with Gasteiger partial charge in [0, 0.05) is 22.4 Å². The number of nitrogens with two attached hydrogens (primary N) is 1. The van der Waals surface area contributed by atoms with Crippen molar-refractivity contribution in [3.63, 3.8) is 0 Å². The second-order valence-electron chi connectivity index (χ2n) is 4.65. The maximum absolute atomic E-state index is 5.86. The van der Waals surface area contributed by atoms with Crippen LogP contribution in [0.25, 0.3) is 0 Å². The Morgan fingerprint density at radius 1 is 1.05 bits per heavy atom. The Morgan fingerprint density at radius 3 is 2.53 bits per heavy atom. The van der Waals surface area contributed by atoms with Gasteiger partial charge in [-0.15, -0.1) is 11.8 Å². The number of hydrogen-bond acceptors (Lipinski definition) is 3. The molecule has 2 aromatic carbocycles. The van der Waals surface area contributed by atoms with E-state index in [2.05, 4.69) is 32.0 Å². The number of benzene rings is 2. The lowest BCUT2D eigenvalue weighted by Gasteiger charge is -2.08. The van der Waals surface area contributed by atoms with Crippen molar-refractivity contribution in [2.24, 2.45) is 0 Å². The summed E-state index contributed by atoms with van der Waals surface area (Å²) >= 11 is 1.81. The Balaban J connectivity index is 2.09. The number of methoxy groups -OCH3 is 1. The van der Waals surface area contributed by atoms with Gasteiger partial charge < -0.3 is 10.5 Å². The van der Waals surface area contributed by atoms with Crippen LogP contribution < -0.4 is 10.5 Å². The van der Waals surface area contributed by atoms with Gasteiger partial charge in [-0.3, -0.25) is 0 Å². The van der Waals surface area contributed by atoms with Crippen molar-refractivity contribution in [1.29, 1.82) is 0 Å². The monoisotopic (exact) mass is 273 g/mol. The molecule has 2 nitrogen and oxygen atoms in total. The summed E-state index contributed by atoms with van der Waals surface area (Å²) in [6.07, 6.45) is 0. The van der Waals surface area contributed by atoms with Gasteiger partial charge in [-0.2, -0.15) is 0 Å². The predicted molar refractivity (Wildman–Crippen MR) is 82.9 cm³/mol. The largest absolute Gasteiger partial charge is 0.497 e. The quantitative estimate of drug-likeness (QED) is 0.670. The summed E-state index contributed by atoms with van der Waals surface area (Å²) in [7, 11) is 1.66. The lowest BCUT2D eigenvalue weighted by Crippen LogP contribution is -1.91. The lowest BCUT2D eigenvalue weighted by atomic mass is 10.1. The van der Waals surface area contributed by atoms with Gasteiger partial charge in [0.25, 0.3) is 0 Å². The number of anilines is 1. The number of hydrogen-bond donors (Lipinski definition) is 1. The SMILES string of the molecule is COc1cc(N)cc(CSc2ccc(C)c(C)c2)c1. The van der Waals surface area contributed by atoms with E-state index in [1.807, 2.05) is 30.0 Å². The van der Waals surface area contributed by atoms with Gasteiger partial charge in [-0.1, -0.05) is 6.07 Å². The Labute approximate surface area is 119 Å². The molecule has 0 amide bonds. The lowest BCUT2D eigenvalue weighted by molar-refractivity contribution is 0.414. The summed E-state index contributed by atoms with van der Waals surface area (Å²) in [5, 5.41) is 0. The summed E-state index contributed by atoms with van der Waals surface area (Å²) in [6, 6.07) is 12.4. The smallest absolute Gasteiger partial charge is 0.121 e. The molecule has 0 aliphatic heterocycles. The molecule has 0 aliphatic rings. The third kappa shape index (κ3) is 3.67. The first kappa shape index (κ1) is 13.8. The molecule has 0 unspecified atom stereocenters. The Hall–Kier alpha value is -1.61. The molecule has 2 rings (SSSR count). The molecule has 0 radical (unpaired) electrons. The van der Waals surface area contributed by atoms with E-state index < -0.39 is 0 Å². The highest BCUT2D eigenvalue weighted by Gasteiger charge is 2.02. The summed E-state index contributed by atoms with van der Waals surface area (Å²) in [5.41, 5.74) is 10.4. The van der Waals surface area contributed by atoms with Gasteiger partial charge in [0.15, 0.2) is 0 Å². The Morgan fingerprint density at radius 2 is 1.84 bits per heavy atom. The van der Waals surface area contributed by atoms with Crippen LogP contribution >= 0.6 is 11.8 Å². The molecule has 19 heavy (non-hydrogen) atoms. The molecule has 0 saturated heterocycles. The van der Waals surface area contributed by atoms with Crippen LogP contribution in [0.5, 0.6) is 5.75 Å². The summed E-state index contributed by atoms with van der Waals surface area (Å²) in [5.74, 6) is 1.71. The van der Waals surface area contributed by atoms with Gasteiger partial charge in [-0.25, -0.2) is 0 Å². The zero-order valence-corrected chi connectivity index (χ0v) is 12.4. The zero-order chi connectivity index (χ0) is 13.8. The number of nitrogen functional groups attached to an aromatic ring is 1. The molecule has 3 heteroatoms. The molecule has 0 fully saturated rings. The van der Waals surface area contributed by atoms with Crippen LogP contribution in [0.15, 0.2) is 41.3 Å². The third-order valence-corrected chi connectivity index (χ3v) is 4.17. The fraction of sp³-hybridized carbons (Fsp3) is 0.250. The molecule has 0 heterocycles. The first-order chi connectivity index (χ1) is 9.08. The van der Waals surface area contributed by atoms with Crippen LogP contribution in [-0.4, -0.2) is 7.11 Å². The zero-order valence-electron chi connectivity index (χ0n) is 11.6. The standard InChI is InChI=1S/C16H19NOS/c1-11-4-5-16(6-12(11)2)19-10-13-7-14(17)9-15(8-13)18-3/h4-9H,10,17H2,1-3H3. The van der Waals surface area contributed by atoms with Gasteiger partial charge in [0.2, 0.25) is 0 Å². The average molecular weight is 273 g/mol. The summed E-state index contributed by atoms with van der Waals surface area (Å²) < 4.78 is 5.23. The van der Waals surface area contributed by atoms with Crippen molar-refractivity contribution in [2.75, 3.05) is 12.8 Å². The van der Waals surface area contributed by atoms with Crippen LogP contribution in [0.3, 0.4) is 0 Å². The molecule has 2 aromatic rings. The molecular weight excluding hydrogens is 254 g/mol. The van der Waals surface area contributed by atoms with E-state index in [-0.39, 0.29) is 0 Å². The normalized spacial score (nSPS) is 10.5. The van der Waals surface area contributed by atoms with Crippen molar-refractivity contribution < 1.29 is 4.74 Å².